The molecule has 0 radical (unpaired) electrons. The maximum Gasteiger partial charge on any atom is 0.327 e. The zero-order valence-electron chi connectivity index (χ0n) is 19.3. The van der Waals surface area contributed by atoms with Gasteiger partial charge in [-0.25, -0.2) is 9.78 Å². The minimum absolute atomic E-state index is 0.0992. The van der Waals surface area contributed by atoms with Gasteiger partial charge in [-0.2, -0.15) is 12.6 Å². The van der Waals surface area contributed by atoms with Crippen LogP contribution in [-0.2, 0) is 30.4 Å². The molecule has 4 atom stereocenters. The molecule has 4 amide bonds. The van der Waals surface area contributed by atoms with E-state index in [0.29, 0.717) is 12.1 Å². The Labute approximate surface area is 211 Å². The number of aliphatic imine (C=N–C) groups is 1. The molecule has 0 saturated carbocycles. The summed E-state index contributed by atoms with van der Waals surface area (Å²) in [6.07, 6.45) is 2.64. The van der Waals surface area contributed by atoms with Gasteiger partial charge >= 0.3 is 5.97 Å². The number of hydrogen-bond donors (Lipinski definition) is 10. The highest BCUT2D eigenvalue weighted by Gasteiger charge is 2.31. The number of carbonyl (C=O) groups is 5. The van der Waals surface area contributed by atoms with Crippen molar-refractivity contribution in [3.63, 3.8) is 0 Å². The van der Waals surface area contributed by atoms with Crippen LogP contribution in [-0.4, -0.2) is 87.1 Å². The fraction of sp³-hybridized carbons (Fsp3) is 0.526. The second-order valence-corrected chi connectivity index (χ2v) is 8.08. The molecule has 1 rings (SSSR count). The number of nitrogens with one attached hydrogen (secondary N) is 4. The van der Waals surface area contributed by atoms with Gasteiger partial charge in [0.05, 0.1) is 18.8 Å². The normalized spacial score (nSPS) is 13.9. The summed E-state index contributed by atoms with van der Waals surface area (Å²) in [4.78, 5) is 71.4. The molecule has 13 N–H and O–H groups in total. The van der Waals surface area contributed by atoms with E-state index in [-0.39, 0.29) is 31.1 Å². The van der Waals surface area contributed by atoms with E-state index in [4.69, 9.17) is 22.9 Å². The lowest BCUT2D eigenvalue weighted by atomic mass is 10.1. The third kappa shape index (κ3) is 11.0. The molecule has 0 aromatic carbocycles. The van der Waals surface area contributed by atoms with E-state index >= 15 is 0 Å². The fourth-order valence-electron chi connectivity index (χ4n) is 2.90. The van der Waals surface area contributed by atoms with Crippen LogP contribution in [0, 0.1) is 0 Å². The van der Waals surface area contributed by atoms with Gasteiger partial charge in [0.2, 0.25) is 23.6 Å². The number of H-pyrrole nitrogens is 1. The predicted octanol–water partition coefficient (Wildman–Crippen LogP) is -4.32. The average molecular weight is 529 g/mol. The number of guanidine groups is 1. The second-order valence-electron chi connectivity index (χ2n) is 7.71. The molecule has 0 aliphatic carbocycles. The fourth-order valence-corrected chi connectivity index (χ4v) is 3.14. The van der Waals surface area contributed by atoms with E-state index in [0.717, 1.165) is 0 Å². The summed E-state index contributed by atoms with van der Waals surface area (Å²) in [5.41, 5.74) is 22.0. The van der Waals surface area contributed by atoms with Crippen molar-refractivity contribution in [1.29, 1.82) is 0 Å². The van der Waals surface area contributed by atoms with E-state index in [1.807, 2.05) is 0 Å². The number of carboxylic acids is 1. The molecule has 36 heavy (non-hydrogen) atoms. The zero-order chi connectivity index (χ0) is 27.3. The van der Waals surface area contributed by atoms with Crippen molar-refractivity contribution in [3.05, 3.63) is 18.2 Å². The van der Waals surface area contributed by atoms with E-state index in [9.17, 15) is 29.1 Å². The molecule has 1 aromatic heterocycles. The number of carboxylic acid groups (broad SMARTS) is 1. The number of nitrogens with two attached hydrogens (primary N) is 4. The maximum absolute atomic E-state index is 12.9. The number of thiol groups is 1. The van der Waals surface area contributed by atoms with Crippen molar-refractivity contribution >= 4 is 48.2 Å². The van der Waals surface area contributed by atoms with Gasteiger partial charge in [0, 0.05) is 30.6 Å². The lowest BCUT2D eigenvalue weighted by molar-refractivity contribution is -0.141. The summed E-state index contributed by atoms with van der Waals surface area (Å²) in [5.74, 6) is -5.01. The minimum atomic E-state index is -1.45. The molecule has 0 saturated heterocycles. The first-order valence-electron chi connectivity index (χ1n) is 10.8. The average Bonchev–Trinajstić information content (AvgIpc) is 3.31. The van der Waals surface area contributed by atoms with Crippen LogP contribution < -0.4 is 38.9 Å². The van der Waals surface area contributed by atoms with Gasteiger partial charge in [-0.3, -0.25) is 24.2 Å². The van der Waals surface area contributed by atoms with Crippen molar-refractivity contribution in [1.82, 2.24) is 25.9 Å². The number of imidazole rings is 1. The zero-order valence-corrected chi connectivity index (χ0v) is 20.2. The lowest BCUT2D eigenvalue weighted by Crippen LogP contribution is -2.58. The standard InChI is InChI=1S/C19H32N10O6S/c20-10(2-1-3-25-19(22)23)15(31)27-12(5-14(21)30)17(33)28-11(4-9-6-24-8-26-9)16(32)29-13(7-36)18(34)35/h6,8,10-13,36H,1-5,7,20H2,(H2,21,30)(H,24,26)(H,27,31)(H,28,33)(H,29,32)(H,34,35)(H4,22,23,25). The lowest BCUT2D eigenvalue weighted by Gasteiger charge is -2.24. The molecule has 0 aliphatic rings. The SMILES string of the molecule is NC(=O)CC(NC(=O)C(N)CCCN=C(N)N)C(=O)NC(Cc1cnc[nH]1)C(=O)NC(CS)C(=O)O. The van der Waals surface area contributed by atoms with Gasteiger partial charge in [0.1, 0.15) is 18.1 Å². The van der Waals surface area contributed by atoms with Crippen molar-refractivity contribution < 1.29 is 29.1 Å². The summed E-state index contributed by atoms with van der Waals surface area (Å²) >= 11 is 3.90. The Morgan fingerprint density at radius 3 is 2.17 bits per heavy atom. The third-order valence-corrected chi connectivity index (χ3v) is 5.12. The number of aliphatic carboxylic acids is 1. The smallest absolute Gasteiger partial charge is 0.327 e. The number of primary amides is 1. The van der Waals surface area contributed by atoms with Crippen LogP contribution in [0.15, 0.2) is 17.5 Å². The van der Waals surface area contributed by atoms with Crippen LogP contribution in [0.3, 0.4) is 0 Å². The molecule has 1 heterocycles. The molecule has 200 valence electrons. The Bertz CT molecular complexity index is 937. The quantitative estimate of drug-likeness (QED) is 0.0426. The van der Waals surface area contributed by atoms with Crippen LogP contribution in [0.4, 0.5) is 0 Å². The number of nitrogens with zero attached hydrogens (tertiary/aromatic N) is 2. The van der Waals surface area contributed by atoms with Gasteiger partial charge in [-0.15, -0.1) is 0 Å². The van der Waals surface area contributed by atoms with Gasteiger partial charge < -0.3 is 49.0 Å². The number of hydrogen-bond acceptors (Lipinski definition) is 9. The molecular weight excluding hydrogens is 496 g/mol. The highest BCUT2D eigenvalue weighted by atomic mass is 32.1. The maximum atomic E-state index is 12.9. The topological polar surface area (TPSA) is 287 Å². The highest BCUT2D eigenvalue weighted by molar-refractivity contribution is 7.80. The van der Waals surface area contributed by atoms with Gasteiger partial charge in [-0.05, 0) is 12.8 Å². The largest absolute Gasteiger partial charge is 0.480 e. The second kappa shape index (κ2) is 15.2. The number of aromatic amines is 1. The van der Waals surface area contributed by atoms with Crippen molar-refractivity contribution in [3.8, 4) is 0 Å². The van der Waals surface area contributed by atoms with Crippen LogP contribution in [0.5, 0.6) is 0 Å². The van der Waals surface area contributed by atoms with E-state index < -0.39 is 60.2 Å². The molecule has 0 spiro atoms. The molecule has 0 bridgehead atoms. The first kappa shape index (κ1) is 30.2. The summed E-state index contributed by atoms with van der Waals surface area (Å²) in [5, 5.41) is 16.2. The van der Waals surface area contributed by atoms with Crippen molar-refractivity contribution in [2.45, 2.75) is 49.9 Å². The molecule has 0 fully saturated rings. The molecule has 16 nitrogen and oxygen atoms in total. The Hall–Kier alpha value is -3.86. The van der Waals surface area contributed by atoms with E-state index in [1.165, 1.54) is 12.5 Å². The van der Waals surface area contributed by atoms with Crippen molar-refractivity contribution in [2.75, 3.05) is 12.3 Å². The molecular formula is C19H32N10O6S. The first-order valence-corrected chi connectivity index (χ1v) is 11.4. The molecule has 17 heteroatoms. The Morgan fingerprint density at radius 1 is 1.03 bits per heavy atom. The van der Waals surface area contributed by atoms with E-state index in [1.54, 1.807) is 0 Å². The summed E-state index contributed by atoms with van der Waals surface area (Å²) in [6.45, 7) is 0.239. The number of aromatic nitrogens is 2. The summed E-state index contributed by atoms with van der Waals surface area (Å²) < 4.78 is 0. The van der Waals surface area contributed by atoms with Crippen LogP contribution in [0.2, 0.25) is 0 Å². The minimum Gasteiger partial charge on any atom is -0.480 e. The Kier molecular flexibility index (Phi) is 12.7. The highest BCUT2D eigenvalue weighted by Crippen LogP contribution is 2.04. The number of rotatable bonds is 16. The number of amides is 4. The molecule has 0 aliphatic heterocycles. The molecule has 1 aromatic rings. The van der Waals surface area contributed by atoms with Crippen LogP contribution >= 0.6 is 12.6 Å². The van der Waals surface area contributed by atoms with E-state index in [2.05, 4.69) is 43.5 Å². The van der Waals surface area contributed by atoms with Gasteiger partial charge in [-0.1, -0.05) is 0 Å². The predicted molar refractivity (Wildman–Crippen MR) is 131 cm³/mol. The summed E-state index contributed by atoms with van der Waals surface area (Å²) in [6, 6.07) is -5.10. The van der Waals surface area contributed by atoms with Gasteiger partial charge in [0.25, 0.3) is 0 Å². The first-order chi connectivity index (χ1) is 16.9. The summed E-state index contributed by atoms with van der Waals surface area (Å²) in [7, 11) is 0. The van der Waals surface area contributed by atoms with Gasteiger partial charge in [0.15, 0.2) is 5.96 Å². The van der Waals surface area contributed by atoms with Crippen molar-refractivity contribution in [2.24, 2.45) is 27.9 Å². The Balaban J connectivity index is 2.95. The van der Waals surface area contributed by atoms with Crippen LogP contribution in [0.1, 0.15) is 25.0 Å². The molecule has 4 unspecified atom stereocenters. The number of carbonyl (C=O) groups excluding carboxylic acids is 4. The Morgan fingerprint density at radius 2 is 1.64 bits per heavy atom. The third-order valence-electron chi connectivity index (χ3n) is 4.75. The van der Waals surface area contributed by atoms with Crippen LogP contribution in [0.25, 0.3) is 0 Å². The monoisotopic (exact) mass is 528 g/mol.